The number of nitrogens with zero attached hydrogens (tertiary/aromatic N) is 12. The quantitative estimate of drug-likeness (QED) is 0.0337. The third kappa shape index (κ3) is 28.4. The molecule has 0 saturated heterocycles. The number of likely N-dealkylation sites (N-methyl/N-ethyl adjacent to an activating group) is 1. The lowest BCUT2D eigenvalue weighted by Gasteiger charge is -2.23. The van der Waals surface area contributed by atoms with Crippen LogP contribution in [-0.2, 0) is 29.1 Å². The highest BCUT2D eigenvalue weighted by molar-refractivity contribution is 14.1. The van der Waals surface area contributed by atoms with Crippen LogP contribution >= 0.6 is 55.9 Å². The summed E-state index contributed by atoms with van der Waals surface area (Å²) in [6.45, 7) is 13.1. The van der Waals surface area contributed by atoms with E-state index in [4.69, 9.17) is 17.1 Å². The Morgan fingerprint density at radius 1 is 0.464 bits per heavy atom. The Kier molecular flexibility index (Phi) is 37.9. The monoisotopic (exact) mass is 1770 g/mol. The lowest BCUT2D eigenvalue weighted by Crippen LogP contribution is -2.28. The van der Waals surface area contributed by atoms with Gasteiger partial charge in [-0.25, -0.2) is 8.42 Å². The van der Waals surface area contributed by atoms with Gasteiger partial charge in [0.25, 0.3) is 29.1 Å². The van der Waals surface area contributed by atoms with Gasteiger partial charge in [-0.2, -0.15) is 35.2 Å². The molecule has 24 heteroatoms. The molecule has 0 fully saturated rings. The maximum atomic E-state index is 12.8. The molecule has 3 aromatic carbocycles. The molecule has 6 aromatic heterocycles. The molecule has 10 heterocycles. The Balaban J connectivity index is 0.000000185. The van der Waals surface area contributed by atoms with Gasteiger partial charge in [-0.3, -0.25) is 34.9 Å². The van der Waals surface area contributed by atoms with E-state index in [0.717, 1.165) is 140 Å². The van der Waals surface area contributed by atoms with Crippen LogP contribution in [0.15, 0.2) is 276 Å². The third-order valence-electron chi connectivity index (χ3n) is 16.0. The molecule has 4 aliphatic rings. The van der Waals surface area contributed by atoms with E-state index in [9.17, 15) is 25.3 Å². The van der Waals surface area contributed by atoms with E-state index in [0.29, 0.717) is 17.0 Å². The molecule has 0 amide bonds. The highest BCUT2D eigenvalue weighted by Gasteiger charge is 2.24. The largest absolute Gasteiger partial charge is 0.302 e. The second kappa shape index (κ2) is 47.5. The second-order valence-corrected chi connectivity index (χ2v) is 32.9. The minimum atomic E-state index is -3.77. The van der Waals surface area contributed by atoms with Crippen molar-refractivity contribution in [2.75, 3.05) is 39.8 Å². The first-order valence-electron chi connectivity index (χ1n) is 36.1. The lowest BCUT2D eigenvalue weighted by molar-refractivity contribution is 0.360. The van der Waals surface area contributed by atoms with Crippen molar-refractivity contribution in [3.8, 4) is 70.4 Å². The molecule has 4 aliphatic heterocycles. The number of aliphatic imine (C=N–C) groups is 3. The maximum absolute atomic E-state index is 12.8. The molecule has 18 nitrogen and oxygen atoms in total. The smallest absolute Gasteiger partial charge is 0.282 e. The third-order valence-corrected chi connectivity index (χ3v) is 22.2. The molecule has 0 radical (unpaired) electrons. The molecule has 0 unspecified atom stereocenters. The molecular weight excluding hydrogens is 1680 g/mol. The number of pyridine rings is 4. The van der Waals surface area contributed by atoms with E-state index in [-0.39, 0.29) is 14.7 Å². The van der Waals surface area contributed by atoms with Gasteiger partial charge in [0, 0.05) is 136 Å². The van der Waals surface area contributed by atoms with Crippen LogP contribution in [0.5, 0.6) is 0 Å². The summed E-state index contributed by atoms with van der Waals surface area (Å²) in [5, 5.41) is 8.52. The highest BCUT2D eigenvalue weighted by Crippen LogP contribution is 2.27. The molecule has 110 heavy (non-hydrogen) atoms. The summed E-state index contributed by atoms with van der Waals surface area (Å²) < 4.78 is 75.9. The molecule has 0 spiro atoms. The molecule has 0 bridgehead atoms. The number of hydrogen-bond acceptors (Lipinski definition) is 16. The Bertz CT molecular complexity index is 5260. The molecule has 9 aromatic rings. The van der Waals surface area contributed by atoms with Crippen LogP contribution in [0, 0.1) is 51.4 Å². The van der Waals surface area contributed by atoms with Crippen molar-refractivity contribution in [2.45, 2.75) is 126 Å². The van der Waals surface area contributed by atoms with Gasteiger partial charge < -0.3 is 4.90 Å². The second-order valence-electron chi connectivity index (χ2n) is 24.5. The van der Waals surface area contributed by atoms with Crippen LogP contribution in [0.4, 0.5) is 0 Å². The van der Waals surface area contributed by atoms with Gasteiger partial charge in [0.15, 0.2) is 0 Å². The zero-order chi connectivity index (χ0) is 78.8. The van der Waals surface area contributed by atoms with Crippen LogP contribution in [-0.4, -0.2) is 125 Å². The van der Waals surface area contributed by atoms with Gasteiger partial charge in [-0.1, -0.05) is 150 Å². The fraction of sp³-hybridized carbons (Fsp3) is 0.267. The number of halogens is 3. The Labute approximate surface area is 681 Å². The number of allylic oxidation sites excluding steroid dienone is 3. The Morgan fingerprint density at radius 3 is 1.30 bits per heavy atom. The number of unbranched alkanes of at least 4 members (excludes halogenated alkanes) is 8. The summed E-state index contributed by atoms with van der Waals surface area (Å²) in [5.74, 6) is 21.7. The van der Waals surface area contributed by atoms with Crippen molar-refractivity contribution < 1.29 is 25.3 Å². The van der Waals surface area contributed by atoms with Crippen molar-refractivity contribution in [1.82, 2.24) is 43.2 Å². The highest BCUT2D eigenvalue weighted by atomic mass is 127. The van der Waals surface area contributed by atoms with Crippen molar-refractivity contribution in [1.29, 1.82) is 0 Å². The average molecular weight is 1770 g/mol. The Morgan fingerprint density at radius 2 is 0.873 bits per heavy atom. The fourth-order valence-corrected chi connectivity index (χ4v) is 14.9. The van der Waals surface area contributed by atoms with Crippen LogP contribution in [0.1, 0.15) is 128 Å². The maximum Gasteiger partial charge on any atom is 0.282 e. The summed E-state index contributed by atoms with van der Waals surface area (Å²) in [7, 11) is -3.77. The van der Waals surface area contributed by atoms with Crippen LogP contribution in [0.25, 0.3) is 22.5 Å². The van der Waals surface area contributed by atoms with E-state index in [1.807, 2.05) is 48.8 Å². The van der Waals surface area contributed by atoms with Gasteiger partial charge in [0.05, 0.1) is 73.0 Å². The first-order chi connectivity index (χ1) is 53.3. The summed E-state index contributed by atoms with van der Waals surface area (Å²) in [4.78, 5) is 32.6. The predicted octanol–water partition coefficient (Wildman–Crippen LogP) is 18.0. The molecule has 0 N–H and O–H groups in total. The molecule has 13 rings (SSSR count). The van der Waals surface area contributed by atoms with Crippen LogP contribution < -0.4 is 0 Å². The molecular formula is C86H89ClI2N12O6S3. The molecule has 0 saturated carbocycles. The standard InChI is InChI=1S/C20H19N3O2S.C16H22N2.C15H16N2.C14H10IN3O2S.C9H7IN2.C6H5ClO2S.C6H10/c1-2-3-4-6-10-18-16-23(22-20(18)17-11-9-14-21-15-17)26(24,25)19-12-7-5-8-13-19;1-3-4-5-6-8-14-10-11-17-16(14)15-9-7-12-18(2)13-15;1-2-3-4-5-7-13-9-11-17-15(13)14-8-6-10-16-12-14;15-13-10-18(17-14(13)11-5-4-8-16-9-11)21(19,20)12-6-2-1-3-7-12;10-8-3-5-12-9(8)7-2-1-4-11-6-7;7-10(8,9)6-4-2-1-3-5-6;1-3-5-6-4-2/h5,7-9,11-16H,2-4H2,1H3;9-10H,3-5,7,11-13H2,1-2H3;6,8-10,12H,2-4,11H2,1H3;1-10H;1-4,6H,5H2;1-5H;1H,4-6H2,2H3. The zero-order valence-electron chi connectivity index (χ0n) is 62.3. The SMILES string of the molecule is C#CCCCC.CCCCC#CC1=CCN=C1C1=CCCN(C)C1.CCCCC#CC1=CCN=C1c1cccnc1.CCCCC#Cc1cn(S(=O)(=O)c2ccccc2)nc1-c1cccnc1.IC1=CCN=C1c1cccnc1.O=S(=O)(Cl)c1ccccc1.O=S(=O)(c1ccccc1)n1cc(I)c(-c2cccnc2)n1. The van der Waals surface area contributed by atoms with E-state index in [1.54, 1.807) is 128 Å². The van der Waals surface area contributed by atoms with Gasteiger partial charge in [0.2, 0.25) is 0 Å². The number of hydrogen-bond donors (Lipinski definition) is 0. The van der Waals surface area contributed by atoms with Crippen LogP contribution in [0.2, 0.25) is 0 Å². The predicted molar refractivity (Wildman–Crippen MR) is 463 cm³/mol. The van der Waals surface area contributed by atoms with Crippen molar-refractivity contribution in [2.24, 2.45) is 15.0 Å². The fourth-order valence-electron chi connectivity index (χ4n) is 10.2. The van der Waals surface area contributed by atoms with Crippen molar-refractivity contribution >= 4 is 102 Å². The van der Waals surface area contributed by atoms with Crippen molar-refractivity contribution in [3.05, 3.63) is 266 Å². The summed E-state index contributed by atoms with van der Waals surface area (Å²) in [6.07, 6.45) is 44.5. The normalized spacial score (nSPS) is 13.3. The van der Waals surface area contributed by atoms with Gasteiger partial charge in [-0.05, 0) is 193 Å². The topological polar surface area (TPSA) is 230 Å². The summed E-state index contributed by atoms with van der Waals surface area (Å²) in [5.41, 5.74) is 12.1. The van der Waals surface area contributed by atoms with E-state index in [1.165, 1.54) is 72.2 Å². The van der Waals surface area contributed by atoms with Gasteiger partial charge >= 0.3 is 0 Å². The number of benzene rings is 3. The summed E-state index contributed by atoms with van der Waals surface area (Å²) in [6, 6.07) is 39.5. The molecule has 0 atom stereocenters. The van der Waals surface area contributed by atoms with Crippen molar-refractivity contribution in [3.63, 3.8) is 0 Å². The number of terminal acetylenes is 1. The first kappa shape index (κ1) is 87.7. The minimum Gasteiger partial charge on any atom is -0.302 e. The molecule has 568 valence electrons. The van der Waals surface area contributed by atoms with Gasteiger partial charge in [-0.15, -0.1) is 12.3 Å². The number of aromatic nitrogens is 8. The Hall–Kier alpha value is -9.55. The van der Waals surface area contributed by atoms with E-state index < -0.39 is 29.1 Å². The summed E-state index contributed by atoms with van der Waals surface area (Å²) >= 11 is 4.37. The number of rotatable bonds is 18. The van der Waals surface area contributed by atoms with Crippen LogP contribution in [0.3, 0.4) is 0 Å². The first-order valence-corrected chi connectivity index (χ1v) is 43.4. The van der Waals surface area contributed by atoms with E-state index in [2.05, 4.69) is 196 Å². The van der Waals surface area contributed by atoms with Gasteiger partial charge in [0.1, 0.15) is 11.4 Å². The lowest BCUT2D eigenvalue weighted by atomic mass is 10.00. The zero-order valence-corrected chi connectivity index (χ0v) is 69.9. The molecule has 0 aliphatic carbocycles. The minimum absolute atomic E-state index is 0.136. The average Bonchev–Trinajstić information content (AvgIpc) is 1.63. The van der Waals surface area contributed by atoms with E-state index >= 15 is 0 Å².